The fourth-order valence-corrected chi connectivity index (χ4v) is 5.06. The highest BCUT2D eigenvalue weighted by atomic mass is 32.1. The average Bonchev–Trinajstić information content (AvgIpc) is 3.47. The van der Waals surface area contributed by atoms with Gasteiger partial charge in [-0.25, -0.2) is 9.97 Å². The van der Waals surface area contributed by atoms with Gasteiger partial charge in [-0.15, -0.1) is 22.7 Å². The molecule has 3 aromatic heterocycles. The van der Waals surface area contributed by atoms with Gasteiger partial charge in [0, 0.05) is 11.9 Å². The van der Waals surface area contributed by atoms with Gasteiger partial charge in [-0.05, 0) is 36.4 Å². The van der Waals surface area contributed by atoms with Crippen LogP contribution in [-0.2, 0) is 0 Å². The number of amides is 1. The van der Waals surface area contributed by atoms with Gasteiger partial charge < -0.3 is 9.88 Å². The summed E-state index contributed by atoms with van der Waals surface area (Å²) >= 11 is 3.16. The summed E-state index contributed by atoms with van der Waals surface area (Å²) in [5.74, 6) is 0.859. The van der Waals surface area contributed by atoms with Crippen LogP contribution in [0.3, 0.4) is 0 Å². The van der Waals surface area contributed by atoms with Crippen LogP contribution in [0.25, 0.3) is 20.9 Å². The fraction of sp³-hybridized carbons (Fsp3) is 0.211. The van der Waals surface area contributed by atoms with Crippen molar-refractivity contribution in [2.75, 3.05) is 6.54 Å². The van der Waals surface area contributed by atoms with Crippen LogP contribution in [-0.4, -0.2) is 32.3 Å². The third-order valence-corrected chi connectivity index (χ3v) is 6.57. The normalized spacial score (nSPS) is 17.2. The first-order valence-corrected chi connectivity index (χ1v) is 10.3. The number of H-pyrrole nitrogens is 1. The maximum absolute atomic E-state index is 13.1. The van der Waals surface area contributed by atoms with E-state index in [1.54, 1.807) is 11.3 Å². The number of carbonyl (C=O) groups excluding carboxylic acids is 1. The van der Waals surface area contributed by atoms with Crippen LogP contribution in [0.5, 0.6) is 0 Å². The number of hydrogen-bond acceptors (Lipinski definition) is 5. The summed E-state index contributed by atoms with van der Waals surface area (Å²) in [5.41, 5.74) is 2.48. The molecule has 0 radical (unpaired) electrons. The highest BCUT2D eigenvalue weighted by Crippen LogP contribution is 2.34. The lowest BCUT2D eigenvalue weighted by Crippen LogP contribution is -2.31. The van der Waals surface area contributed by atoms with Crippen molar-refractivity contribution in [1.29, 1.82) is 0 Å². The van der Waals surface area contributed by atoms with E-state index in [9.17, 15) is 4.79 Å². The van der Waals surface area contributed by atoms with Crippen molar-refractivity contribution in [1.82, 2.24) is 19.9 Å². The monoisotopic (exact) mass is 380 g/mol. The maximum Gasteiger partial charge on any atom is 0.273 e. The van der Waals surface area contributed by atoms with Crippen molar-refractivity contribution < 1.29 is 4.79 Å². The van der Waals surface area contributed by atoms with Gasteiger partial charge in [0.25, 0.3) is 5.91 Å². The maximum atomic E-state index is 13.1. The van der Waals surface area contributed by atoms with Crippen LogP contribution in [0.2, 0.25) is 0 Å². The molecular weight excluding hydrogens is 364 g/mol. The average molecular weight is 380 g/mol. The second kappa shape index (κ2) is 6.34. The third kappa shape index (κ3) is 2.64. The number of benzene rings is 1. The lowest BCUT2D eigenvalue weighted by Gasteiger charge is -2.22. The number of likely N-dealkylation sites (tertiary alicyclic amines) is 1. The molecule has 130 valence electrons. The SMILES string of the molecule is O=C(c1csc(-c2cccs2)n1)N1CCC[C@@H]1c1nc2ccccc2[nH]1. The molecule has 4 aromatic rings. The van der Waals surface area contributed by atoms with E-state index < -0.39 is 0 Å². The summed E-state index contributed by atoms with van der Waals surface area (Å²) in [7, 11) is 0. The fourth-order valence-electron chi connectivity index (χ4n) is 3.46. The number of aromatic nitrogens is 3. The zero-order valence-corrected chi connectivity index (χ0v) is 15.5. The first-order valence-electron chi connectivity index (χ1n) is 8.54. The standard InChI is InChI=1S/C19H16N4OS2/c24-19(14-11-26-18(22-14)16-8-4-10-25-16)23-9-3-7-15(23)17-20-12-5-1-2-6-13(12)21-17/h1-2,4-6,8,10-11,15H,3,7,9H2,(H,20,21)/t15-/m1/s1. The van der Waals surface area contributed by atoms with Gasteiger partial charge in [-0.2, -0.15) is 0 Å². The molecule has 7 heteroatoms. The number of hydrogen-bond donors (Lipinski definition) is 1. The molecule has 0 spiro atoms. The topological polar surface area (TPSA) is 61.9 Å². The molecule has 26 heavy (non-hydrogen) atoms. The van der Waals surface area contributed by atoms with Gasteiger partial charge in [-0.3, -0.25) is 4.79 Å². The number of para-hydroxylation sites is 2. The van der Waals surface area contributed by atoms with Gasteiger partial charge in [0.2, 0.25) is 0 Å². The van der Waals surface area contributed by atoms with E-state index in [4.69, 9.17) is 4.98 Å². The molecule has 1 atom stereocenters. The molecule has 1 aliphatic rings. The highest BCUT2D eigenvalue weighted by molar-refractivity contribution is 7.20. The molecule has 0 unspecified atom stereocenters. The van der Waals surface area contributed by atoms with E-state index >= 15 is 0 Å². The summed E-state index contributed by atoms with van der Waals surface area (Å²) in [6.45, 7) is 0.742. The Kier molecular flexibility index (Phi) is 3.83. The van der Waals surface area contributed by atoms with E-state index in [0.717, 1.165) is 46.1 Å². The van der Waals surface area contributed by atoms with Crippen molar-refractivity contribution in [2.45, 2.75) is 18.9 Å². The Hall–Kier alpha value is -2.51. The third-order valence-electron chi connectivity index (χ3n) is 4.69. The highest BCUT2D eigenvalue weighted by Gasteiger charge is 2.33. The molecule has 0 saturated carbocycles. The number of rotatable bonds is 3. The molecule has 1 aromatic carbocycles. The minimum absolute atomic E-state index is 0.00740. The van der Waals surface area contributed by atoms with Crippen LogP contribution in [0, 0.1) is 0 Å². The number of nitrogens with zero attached hydrogens (tertiary/aromatic N) is 3. The lowest BCUT2D eigenvalue weighted by atomic mass is 10.2. The van der Waals surface area contributed by atoms with Gasteiger partial charge in [-0.1, -0.05) is 18.2 Å². The minimum Gasteiger partial charge on any atom is -0.340 e. The van der Waals surface area contributed by atoms with Crippen molar-refractivity contribution in [2.24, 2.45) is 0 Å². The Morgan fingerprint density at radius 2 is 2.08 bits per heavy atom. The van der Waals surface area contributed by atoms with E-state index in [1.807, 2.05) is 52.1 Å². The number of imidazole rings is 1. The molecular formula is C19H16N4OS2. The number of thiazole rings is 1. The Morgan fingerprint density at radius 3 is 2.92 bits per heavy atom. The smallest absolute Gasteiger partial charge is 0.273 e. The Bertz CT molecular complexity index is 1030. The summed E-state index contributed by atoms with van der Waals surface area (Å²) in [6, 6.07) is 12.0. The molecule has 1 fully saturated rings. The predicted octanol–water partition coefficient (Wildman–Crippen LogP) is 4.73. The number of nitrogens with one attached hydrogen (secondary N) is 1. The van der Waals surface area contributed by atoms with E-state index in [-0.39, 0.29) is 11.9 Å². The van der Waals surface area contributed by atoms with Crippen LogP contribution < -0.4 is 0 Å². The van der Waals surface area contributed by atoms with Gasteiger partial charge in [0.1, 0.15) is 16.5 Å². The van der Waals surface area contributed by atoms with Gasteiger partial charge >= 0.3 is 0 Å². The first kappa shape index (κ1) is 15.7. The molecule has 5 rings (SSSR count). The number of carbonyl (C=O) groups is 1. The van der Waals surface area contributed by atoms with Crippen molar-refractivity contribution in [3.8, 4) is 9.88 Å². The second-order valence-electron chi connectivity index (χ2n) is 6.31. The second-order valence-corrected chi connectivity index (χ2v) is 8.12. The van der Waals surface area contributed by atoms with Crippen LogP contribution in [0.1, 0.15) is 35.2 Å². The lowest BCUT2D eigenvalue weighted by molar-refractivity contribution is 0.0725. The first-order chi connectivity index (χ1) is 12.8. The Balaban J connectivity index is 1.44. The van der Waals surface area contributed by atoms with Gasteiger partial charge in [0.05, 0.1) is 22.0 Å². The molecule has 1 amide bonds. The molecule has 4 heterocycles. The van der Waals surface area contributed by atoms with Crippen LogP contribution in [0.15, 0.2) is 47.2 Å². The van der Waals surface area contributed by atoms with E-state index in [0.29, 0.717) is 5.69 Å². The zero-order chi connectivity index (χ0) is 17.5. The largest absolute Gasteiger partial charge is 0.340 e. The van der Waals surface area contributed by atoms with Gasteiger partial charge in [0.15, 0.2) is 0 Å². The quantitative estimate of drug-likeness (QED) is 0.559. The summed E-state index contributed by atoms with van der Waals surface area (Å²) in [6.07, 6.45) is 1.91. The molecule has 1 N–H and O–H groups in total. The summed E-state index contributed by atoms with van der Waals surface area (Å²) in [4.78, 5) is 28.7. The molecule has 0 aliphatic carbocycles. The number of thiophene rings is 1. The number of aromatic amines is 1. The van der Waals surface area contributed by atoms with Crippen molar-refractivity contribution in [3.05, 3.63) is 58.7 Å². The summed E-state index contributed by atoms with van der Waals surface area (Å²) in [5, 5.41) is 4.80. The van der Waals surface area contributed by atoms with Crippen LogP contribution >= 0.6 is 22.7 Å². The predicted molar refractivity (Wildman–Crippen MR) is 105 cm³/mol. The summed E-state index contributed by atoms with van der Waals surface area (Å²) < 4.78 is 0. The Morgan fingerprint density at radius 1 is 1.15 bits per heavy atom. The van der Waals surface area contributed by atoms with Crippen molar-refractivity contribution in [3.63, 3.8) is 0 Å². The minimum atomic E-state index is -0.0122. The molecule has 0 bridgehead atoms. The van der Waals surface area contributed by atoms with Crippen molar-refractivity contribution >= 4 is 39.6 Å². The molecule has 5 nitrogen and oxygen atoms in total. The number of fused-ring (bicyclic) bond motifs is 1. The molecule has 1 aliphatic heterocycles. The van der Waals surface area contributed by atoms with E-state index in [2.05, 4.69) is 9.97 Å². The van der Waals surface area contributed by atoms with E-state index in [1.165, 1.54) is 11.3 Å². The molecule has 1 saturated heterocycles. The zero-order valence-electron chi connectivity index (χ0n) is 13.9. The van der Waals surface area contributed by atoms with Crippen LogP contribution in [0.4, 0.5) is 0 Å². The Labute approximate surface area is 158 Å².